The average molecular weight is 370 g/mol. The molecule has 138 valence electrons. The van der Waals surface area contributed by atoms with Crippen LogP contribution in [0.25, 0.3) is 22.4 Å². The highest BCUT2D eigenvalue weighted by molar-refractivity contribution is 5.81. The molecule has 0 aliphatic carbocycles. The minimum atomic E-state index is 0.146. The molecule has 0 radical (unpaired) electrons. The maximum absolute atomic E-state index is 9.59. The van der Waals surface area contributed by atoms with Crippen LogP contribution in [-0.2, 0) is 0 Å². The Morgan fingerprint density at radius 2 is 1.68 bits per heavy atom. The van der Waals surface area contributed by atoms with Crippen LogP contribution in [0.5, 0.6) is 11.5 Å². The fourth-order valence-electron chi connectivity index (χ4n) is 2.88. The van der Waals surface area contributed by atoms with E-state index >= 15 is 0 Å². The summed E-state index contributed by atoms with van der Waals surface area (Å²) in [7, 11) is 1.57. The van der Waals surface area contributed by atoms with Crippen molar-refractivity contribution in [1.29, 1.82) is 10.5 Å². The van der Waals surface area contributed by atoms with Gasteiger partial charge in [-0.3, -0.25) is 0 Å². The number of nitrogens with two attached hydrogens (primary N) is 1. The topological polar surface area (TPSA) is 105 Å². The van der Waals surface area contributed by atoms with Crippen LogP contribution in [0.15, 0.2) is 48.5 Å². The zero-order valence-electron chi connectivity index (χ0n) is 15.6. The monoisotopic (exact) mass is 370 g/mol. The van der Waals surface area contributed by atoms with Gasteiger partial charge in [0.1, 0.15) is 17.5 Å². The van der Waals surface area contributed by atoms with Crippen LogP contribution in [0.1, 0.15) is 18.1 Å². The Labute approximate surface area is 163 Å². The fourth-order valence-corrected chi connectivity index (χ4v) is 2.88. The largest absolute Gasteiger partial charge is 0.493 e. The highest BCUT2D eigenvalue weighted by Crippen LogP contribution is 2.36. The number of pyridine rings is 1. The average Bonchev–Trinajstić information content (AvgIpc) is 2.73. The zero-order valence-corrected chi connectivity index (χ0v) is 15.6. The summed E-state index contributed by atoms with van der Waals surface area (Å²) < 4.78 is 11.0. The molecule has 1 heterocycles. The maximum Gasteiger partial charge on any atom is 0.161 e. The van der Waals surface area contributed by atoms with E-state index in [1.807, 2.05) is 25.1 Å². The van der Waals surface area contributed by atoms with Gasteiger partial charge >= 0.3 is 0 Å². The number of anilines is 1. The van der Waals surface area contributed by atoms with E-state index in [4.69, 9.17) is 20.5 Å². The number of methoxy groups -OCH3 is 1. The number of rotatable bonds is 5. The predicted octanol–water partition coefficient (Wildman–Crippen LogP) is 4.15. The summed E-state index contributed by atoms with van der Waals surface area (Å²) >= 11 is 0. The van der Waals surface area contributed by atoms with E-state index in [9.17, 15) is 5.26 Å². The highest BCUT2D eigenvalue weighted by Gasteiger charge is 2.15. The van der Waals surface area contributed by atoms with Gasteiger partial charge in [0.2, 0.25) is 0 Å². The van der Waals surface area contributed by atoms with E-state index in [-0.39, 0.29) is 5.82 Å². The van der Waals surface area contributed by atoms with Crippen LogP contribution in [0.4, 0.5) is 5.82 Å². The second kappa shape index (κ2) is 8.11. The third-order valence-electron chi connectivity index (χ3n) is 4.24. The quantitative estimate of drug-likeness (QED) is 0.723. The van der Waals surface area contributed by atoms with Gasteiger partial charge in [0.05, 0.1) is 31.0 Å². The first-order valence-electron chi connectivity index (χ1n) is 8.63. The number of hydrogen-bond acceptors (Lipinski definition) is 6. The van der Waals surface area contributed by atoms with Crippen molar-refractivity contribution in [3.8, 4) is 46.0 Å². The summed E-state index contributed by atoms with van der Waals surface area (Å²) in [6.45, 7) is 2.42. The third kappa shape index (κ3) is 3.58. The third-order valence-corrected chi connectivity index (χ3v) is 4.24. The lowest BCUT2D eigenvalue weighted by Gasteiger charge is -2.13. The van der Waals surface area contributed by atoms with Crippen molar-refractivity contribution in [2.45, 2.75) is 6.92 Å². The molecule has 0 aliphatic rings. The SMILES string of the molecule is CCOc1ccc(-c2cc(-c3ccc(C#N)cc3)nc(N)c2C#N)cc1OC. The molecule has 1 aromatic heterocycles. The van der Waals surface area contributed by atoms with Gasteiger partial charge in [-0.05, 0) is 42.8 Å². The molecule has 0 amide bonds. The Kier molecular flexibility index (Phi) is 5.43. The Hall–Kier alpha value is -4.03. The summed E-state index contributed by atoms with van der Waals surface area (Å²) in [6, 6.07) is 18.5. The van der Waals surface area contributed by atoms with E-state index in [0.29, 0.717) is 40.5 Å². The van der Waals surface area contributed by atoms with Gasteiger partial charge in [0.15, 0.2) is 11.5 Å². The molecule has 0 saturated heterocycles. The first-order chi connectivity index (χ1) is 13.6. The lowest BCUT2D eigenvalue weighted by molar-refractivity contribution is 0.311. The Bertz CT molecular complexity index is 1090. The molecule has 0 atom stereocenters. The van der Waals surface area contributed by atoms with Crippen molar-refractivity contribution in [1.82, 2.24) is 4.98 Å². The molecule has 6 nitrogen and oxygen atoms in total. The van der Waals surface area contributed by atoms with Gasteiger partial charge in [0.25, 0.3) is 0 Å². The number of ether oxygens (including phenoxy) is 2. The van der Waals surface area contributed by atoms with Crippen molar-refractivity contribution in [2.75, 3.05) is 19.5 Å². The zero-order chi connectivity index (χ0) is 20.1. The van der Waals surface area contributed by atoms with Crippen molar-refractivity contribution in [2.24, 2.45) is 0 Å². The Balaban J connectivity index is 2.16. The summed E-state index contributed by atoms with van der Waals surface area (Å²) in [5.74, 6) is 1.34. The molecule has 6 heteroatoms. The molecular formula is C22H18N4O2. The van der Waals surface area contributed by atoms with E-state index in [2.05, 4.69) is 17.1 Å². The molecule has 0 unspecified atom stereocenters. The Morgan fingerprint density at radius 3 is 2.29 bits per heavy atom. The molecule has 2 aromatic carbocycles. The maximum atomic E-state index is 9.59. The molecule has 0 fully saturated rings. The summed E-state index contributed by atoms with van der Waals surface area (Å²) in [6.07, 6.45) is 0. The van der Waals surface area contributed by atoms with Crippen LogP contribution < -0.4 is 15.2 Å². The minimum absolute atomic E-state index is 0.146. The van der Waals surface area contributed by atoms with E-state index in [1.54, 1.807) is 37.4 Å². The molecular weight excluding hydrogens is 352 g/mol. The van der Waals surface area contributed by atoms with Gasteiger partial charge in [-0.1, -0.05) is 18.2 Å². The highest BCUT2D eigenvalue weighted by atomic mass is 16.5. The predicted molar refractivity (Wildman–Crippen MR) is 107 cm³/mol. The molecule has 3 rings (SSSR count). The van der Waals surface area contributed by atoms with Crippen LogP contribution in [0.2, 0.25) is 0 Å². The number of aromatic nitrogens is 1. The van der Waals surface area contributed by atoms with Crippen LogP contribution in [0.3, 0.4) is 0 Å². The summed E-state index contributed by atoms with van der Waals surface area (Å²) in [4.78, 5) is 4.36. The molecule has 3 aromatic rings. The first-order valence-corrected chi connectivity index (χ1v) is 8.63. The summed E-state index contributed by atoms with van der Waals surface area (Å²) in [5.41, 5.74) is 9.75. The molecule has 0 aliphatic heterocycles. The van der Waals surface area contributed by atoms with Crippen molar-refractivity contribution in [3.63, 3.8) is 0 Å². The molecule has 0 bridgehead atoms. The molecule has 28 heavy (non-hydrogen) atoms. The van der Waals surface area contributed by atoms with Gasteiger partial charge in [-0.15, -0.1) is 0 Å². The van der Waals surface area contributed by atoms with Crippen molar-refractivity contribution in [3.05, 3.63) is 59.7 Å². The lowest BCUT2D eigenvalue weighted by atomic mass is 9.98. The van der Waals surface area contributed by atoms with Gasteiger partial charge < -0.3 is 15.2 Å². The van der Waals surface area contributed by atoms with Crippen LogP contribution in [-0.4, -0.2) is 18.7 Å². The minimum Gasteiger partial charge on any atom is -0.493 e. The number of nitrogen functional groups attached to an aromatic ring is 1. The standard InChI is InChI=1S/C22H18N4O2/c1-3-28-20-9-8-16(10-21(20)27-2)17-11-19(26-22(25)18(17)13-24)15-6-4-14(12-23)5-7-15/h4-11H,3H2,1-2H3,(H2,25,26). The smallest absolute Gasteiger partial charge is 0.161 e. The fraction of sp³-hybridized carbons (Fsp3) is 0.136. The van der Waals surface area contributed by atoms with E-state index in [0.717, 1.165) is 11.1 Å². The lowest BCUT2D eigenvalue weighted by Crippen LogP contribution is -2.00. The second-order valence-electron chi connectivity index (χ2n) is 5.91. The van der Waals surface area contributed by atoms with E-state index in [1.165, 1.54) is 0 Å². The van der Waals surface area contributed by atoms with Crippen molar-refractivity contribution >= 4 is 5.82 Å². The van der Waals surface area contributed by atoms with Gasteiger partial charge in [-0.2, -0.15) is 10.5 Å². The van der Waals surface area contributed by atoms with Gasteiger partial charge in [-0.25, -0.2) is 4.98 Å². The summed E-state index contributed by atoms with van der Waals surface area (Å²) in [5, 5.41) is 18.6. The van der Waals surface area contributed by atoms with Crippen LogP contribution >= 0.6 is 0 Å². The molecule has 0 saturated carbocycles. The van der Waals surface area contributed by atoms with E-state index < -0.39 is 0 Å². The van der Waals surface area contributed by atoms with Gasteiger partial charge in [0, 0.05) is 11.1 Å². The number of hydrogen-bond donors (Lipinski definition) is 1. The normalized spacial score (nSPS) is 10.0. The first kappa shape index (κ1) is 18.8. The Morgan fingerprint density at radius 1 is 0.964 bits per heavy atom. The van der Waals surface area contributed by atoms with Crippen LogP contribution in [0, 0.1) is 22.7 Å². The van der Waals surface area contributed by atoms with Crippen molar-refractivity contribution < 1.29 is 9.47 Å². The molecule has 2 N–H and O–H groups in total. The number of nitrogens with zero attached hydrogens (tertiary/aromatic N) is 3. The second-order valence-corrected chi connectivity index (χ2v) is 5.91. The number of benzene rings is 2. The molecule has 0 spiro atoms. The number of nitriles is 2.